The Hall–Kier alpha value is -1.35. The van der Waals surface area contributed by atoms with Gasteiger partial charge in [-0.25, -0.2) is 0 Å². The van der Waals surface area contributed by atoms with Crippen molar-refractivity contribution in [3.63, 3.8) is 0 Å². The number of hydrogen-bond donors (Lipinski definition) is 0. The largest absolute Gasteiger partial charge is 0.487 e. The number of nitrogens with zero attached hydrogens (tertiary/aromatic N) is 1. The average molecular weight is 658 g/mol. The first kappa shape index (κ1) is 25.7. The number of thiocarbonyl (C=S) groups is 1. The Morgan fingerprint density at radius 3 is 2.29 bits per heavy atom. The van der Waals surface area contributed by atoms with Crippen molar-refractivity contribution in [2.45, 2.75) is 20.1 Å². The quantitative estimate of drug-likeness (QED) is 0.196. The van der Waals surface area contributed by atoms with Crippen LogP contribution in [0.3, 0.4) is 0 Å². The summed E-state index contributed by atoms with van der Waals surface area (Å²) in [7, 11) is 0. The predicted molar refractivity (Wildman–Crippen MR) is 153 cm³/mol. The number of carbonyl (C=O) groups is 1. The molecule has 0 N–H and O–H groups in total. The van der Waals surface area contributed by atoms with E-state index in [4.69, 9.17) is 40.2 Å². The number of thioether (sulfide) groups is 1. The fraction of sp³-hybridized carbons (Fsp3) is 0.120. The minimum atomic E-state index is -0.0947. The van der Waals surface area contributed by atoms with E-state index in [0.29, 0.717) is 38.2 Å². The van der Waals surface area contributed by atoms with E-state index in [0.717, 1.165) is 25.6 Å². The van der Waals surface area contributed by atoms with Crippen molar-refractivity contribution in [2.24, 2.45) is 0 Å². The number of halogens is 4. The lowest BCUT2D eigenvalue weighted by molar-refractivity contribution is -0.122. The normalized spacial score (nSPS) is 14.9. The van der Waals surface area contributed by atoms with Gasteiger partial charge < -0.3 is 4.74 Å². The van der Waals surface area contributed by atoms with Gasteiger partial charge in [0.15, 0.2) is 0 Å². The summed E-state index contributed by atoms with van der Waals surface area (Å²) >= 11 is 26.0. The molecule has 4 rings (SSSR count). The molecule has 1 fully saturated rings. The highest BCUT2D eigenvalue weighted by Gasteiger charge is 2.32. The molecule has 9 heteroatoms. The van der Waals surface area contributed by atoms with Crippen molar-refractivity contribution < 1.29 is 9.53 Å². The molecule has 34 heavy (non-hydrogen) atoms. The minimum Gasteiger partial charge on any atom is -0.487 e. The van der Waals surface area contributed by atoms with Crippen molar-refractivity contribution in [1.82, 2.24) is 4.90 Å². The van der Waals surface area contributed by atoms with Gasteiger partial charge in [-0.05, 0) is 85.8 Å². The zero-order valence-corrected chi connectivity index (χ0v) is 24.1. The third kappa shape index (κ3) is 6.07. The molecule has 0 unspecified atom stereocenters. The van der Waals surface area contributed by atoms with Crippen LogP contribution in [0.2, 0.25) is 10.0 Å². The smallest absolute Gasteiger partial charge is 0.266 e. The van der Waals surface area contributed by atoms with Crippen LogP contribution < -0.4 is 4.74 Å². The number of carbonyl (C=O) groups excluding carboxylic acids is 1. The minimum absolute atomic E-state index is 0.0947. The van der Waals surface area contributed by atoms with Gasteiger partial charge in [0.05, 0.1) is 30.4 Å². The summed E-state index contributed by atoms with van der Waals surface area (Å²) in [6.45, 7) is 2.81. The molecule has 0 spiro atoms. The molecule has 174 valence electrons. The van der Waals surface area contributed by atoms with Crippen LogP contribution in [0.4, 0.5) is 0 Å². The Morgan fingerprint density at radius 1 is 1.00 bits per heavy atom. The molecule has 0 saturated carbocycles. The molecular formula is C25H17Br2Cl2NO2S2. The number of rotatable bonds is 6. The number of amides is 1. The second kappa shape index (κ2) is 11.1. The Balaban J connectivity index is 1.49. The lowest BCUT2D eigenvalue weighted by Crippen LogP contribution is -2.27. The second-order valence-corrected chi connectivity index (χ2v) is 11.8. The summed E-state index contributed by atoms with van der Waals surface area (Å²) in [6, 6.07) is 17.3. The maximum Gasteiger partial charge on any atom is 0.266 e. The van der Waals surface area contributed by atoms with Crippen LogP contribution in [0.25, 0.3) is 6.08 Å². The van der Waals surface area contributed by atoms with Gasteiger partial charge in [0, 0.05) is 0 Å². The molecule has 1 aliphatic rings. The van der Waals surface area contributed by atoms with Crippen LogP contribution >= 0.6 is 79.0 Å². The lowest BCUT2D eigenvalue weighted by Gasteiger charge is -2.14. The number of aryl methyl sites for hydroxylation is 1. The third-order valence-electron chi connectivity index (χ3n) is 5.02. The van der Waals surface area contributed by atoms with Crippen molar-refractivity contribution in [1.29, 1.82) is 0 Å². The van der Waals surface area contributed by atoms with Crippen LogP contribution in [-0.2, 0) is 17.9 Å². The topological polar surface area (TPSA) is 29.5 Å². The Bertz CT molecular complexity index is 1290. The SMILES string of the molecule is Cc1ccc(CN2C(=O)/C(=C/c3cc(Br)c(OCc4ccc(Cl)c(Cl)c4)c(Br)c3)SC2=S)cc1. The van der Waals surface area contributed by atoms with Crippen LogP contribution in [-0.4, -0.2) is 15.1 Å². The summed E-state index contributed by atoms with van der Waals surface area (Å²) in [5.41, 5.74) is 3.96. The lowest BCUT2D eigenvalue weighted by atomic mass is 10.1. The molecule has 1 heterocycles. The van der Waals surface area contributed by atoms with Crippen LogP contribution in [0.1, 0.15) is 22.3 Å². The van der Waals surface area contributed by atoms with E-state index in [1.54, 1.807) is 17.0 Å². The summed E-state index contributed by atoms with van der Waals surface area (Å²) in [5, 5.41) is 0.984. The van der Waals surface area contributed by atoms with E-state index < -0.39 is 0 Å². The number of ether oxygens (including phenoxy) is 1. The molecule has 3 nitrogen and oxygen atoms in total. The first-order valence-electron chi connectivity index (χ1n) is 10.1. The fourth-order valence-electron chi connectivity index (χ4n) is 3.25. The van der Waals surface area contributed by atoms with E-state index in [2.05, 4.69) is 31.9 Å². The van der Waals surface area contributed by atoms with Crippen molar-refractivity contribution >= 4 is 95.3 Å². The summed E-state index contributed by atoms with van der Waals surface area (Å²) in [5.74, 6) is 0.554. The maximum absolute atomic E-state index is 13.0. The third-order valence-corrected chi connectivity index (χ3v) is 8.32. The summed E-state index contributed by atoms with van der Waals surface area (Å²) in [4.78, 5) is 15.2. The zero-order chi connectivity index (χ0) is 24.4. The average Bonchev–Trinajstić information content (AvgIpc) is 3.04. The zero-order valence-electron chi connectivity index (χ0n) is 17.8. The first-order chi connectivity index (χ1) is 16.2. The first-order valence-corrected chi connectivity index (χ1v) is 13.6. The van der Waals surface area contributed by atoms with E-state index in [-0.39, 0.29) is 5.91 Å². The van der Waals surface area contributed by atoms with Crippen LogP contribution in [0.5, 0.6) is 5.75 Å². The van der Waals surface area contributed by atoms with Gasteiger partial charge in [0.1, 0.15) is 16.7 Å². The molecule has 0 bridgehead atoms. The van der Waals surface area contributed by atoms with Gasteiger partial charge in [-0.15, -0.1) is 0 Å². The fourth-order valence-corrected chi connectivity index (χ4v) is 6.28. The maximum atomic E-state index is 13.0. The Kier molecular flexibility index (Phi) is 8.44. The highest BCUT2D eigenvalue weighted by atomic mass is 79.9. The van der Waals surface area contributed by atoms with Gasteiger partial charge in [-0.1, -0.05) is 83.1 Å². The van der Waals surface area contributed by atoms with Gasteiger partial charge in [0.2, 0.25) is 0 Å². The monoisotopic (exact) mass is 655 g/mol. The molecule has 1 saturated heterocycles. The van der Waals surface area contributed by atoms with Crippen LogP contribution in [0.15, 0.2) is 68.4 Å². The second-order valence-electron chi connectivity index (χ2n) is 7.60. The molecule has 0 radical (unpaired) electrons. The Morgan fingerprint density at radius 2 is 1.65 bits per heavy atom. The van der Waals surface area contributed by atoms with Gasteiger partial charge in [-0.2, -0.15) is 0 Å². The summed E-state index contributed by atoms with van der Waals surface area (Å²) in [6.07, 6.45) is 1.84. The molecule has 1 amide bonds. The molecule has 1 aliphatic heterocycles. The summed E-state index contributed by atoms with van der Waals surface area (Å²) < 4.78 is 8.04. The van der Waals surface area contributed by atoms with E-state index >= 15 is 0 Å². The molecular weight excluding hydrogens is 641 g/mol. The van der Waals surface area contributed by atoms with E-state index in [1.165, 1.54) is 17.3 Å². The molecule has 3 aromatic rings. The van der Waals surface area contributed by atoms with Gasteiger partial charge >= 0.3 is 0 Å². The molecule has 0 aliphatic carbocycles. The highest BCUT2D eigenvalue weighted by Crippen LogP contribution is 2.38. The van der Waals surface area contributed by atoms with Gasteiger partial charge in [0.25, 0.3) is 5.91 Å². The van der Waals surface area contributed by atoms with Gasteiger partial charge in [-0.3, -0.25) is 9.69 Å². The standard InChI is InChI=1S/C25H17Br2Cl2NO2S2/c1-14-2-4-15(5-3-14)12-30-24(31)22(34-25(30)33)11-17-8-18(26)23(19(27)9-17)32-13-16-6-7-20(28)21(29)10-16/h2-11H,12-13H2,1H3/b22-11-. The molecule has 3 aromatic carbocycles. The van der Waals surface area contributed by atoms with E-state index in [9.17, 15) is 4.79 Å². The molecule has 0 atom stereocenters. The molecule has 0 aromatic heterocycles. The van der Waals surface area contributed by atoms with Crippen molar-refractivity contribution in [3.05, 3.63) is 101 Å². The van der Waals surface area contributed by atoms with Crippen LogP contribution in [0, 0.1) is 6.92 Å². The predicted octanol–water partition coefficient (Wildman–Crippen LogP) is 8.81. The highest BCUT2D eigenvalue weighted by molar-refractivity contribution is 9.11. The van der Waals surface area contributed by atoms with Crippen molar-refractivity contribution in [3.8, 4) is 5.75 Å². The number of benzene rings is 3. The van der Waals surface area contributed by atoms with E-state index in [1.807, 2.05) is 55.5 Å². The Labute approximate surface area is 234 Å². The van der Waals surface area contributed by atoms with Crippen molar-refractivity contribution in [2.75, 3.05) is 0 Å². The number of hydrogen-bond acceptors (Lipinski definition) is 4.